The summed E-state index contributed by atoms with van der Waals surface area (Å²) in [6.45, 7) is 0. The van der Waals surface area contributed by atoms with Crippen molar-refractivity contribution in [2.75, 3.05) is 0 Å². The zero-order valence-electron chi connectivity index (χ0n) is 16.4. The highest BCUT2D eigenvalue weighted by molar-refractivity contribution is 9.10. The van der Waals surface area contributed by atoms with Gasteiger partial charge < -0.3 is 9.84 Å². The van der Waals surface area contributed by atoms with Crippen LogP contribution in [0.3, 0.4) is 0 Å². The topological polar surface area (TPSA) is 29.5 Å². The van der Waals surface area contributed by atoms with Crippen molar-refractivity contribution in [3.63, 3.8) is 0 Å². The first kappa shape index (κ1) is 20.3. The summed E-state index contributed by atoms with van der Waals surface area (Å²) in [7, 11) is 0. The number of hydrogen-bond acceptors (Lipinski definition) is 2. The van der Waals surface area contributed by atoms with Crippen molar-refractivity contribution in [3.05, 3.63) is 128 Å². The highest BCUT2D eigenvalue weighted by atomic mass is 79.9. The first-order valence-electron chi connectivity index (χ1n) is 9.88. The molecule has 0 bridgehead atoms. The maximum Gasteiger partial charge on any atom is 0.145 e. The molecule has 0 aliphatic heterocycles. The minimum atomic E-state index is -1.42. The summed E-state index contributed by atoms with van der Waals surface area (Å²) in [5.41, 5.74) is 2.74. The van der Waals surface area contributed by atoms with E-state index in [9.17, 15) is 5.11 Å². The first-order valence-corrected chi connectivity index (χ1v) is 11.5. The summed E-state index contributed by atoms with van der Waals surface area (Å²) in [5.74, 6) is 1.32. The molecule has 31 heavy (non-hydrogen) atoms. The number of halogens is 2. The van der Waals surface area contributed by atoms with Crippen LogP contribution in [0.2, 0.25) is 0 Å². The Morgan fingerprint density at radius 3 is 1.77 bits per heavy atom. The van der Waals surface area contributed by atoms with Gasteiger partial charge in [-0.1, -0.05) is 92.5 Å². The fourth-order valence-corrected chi connectivity index (χ4v) is 4.78. The van der Waals surface area contributed by atoms with E-state index in [-0.39, 0.29) is 0 Å². The van der Waals surface area contributed by atoms with Gasteiger partial charge in [-0.25, -0.2) is 0 Å². The van der Waals surface area contributed by atoms with Crippen molar-refractivity contribution < 1.29 is 9.84 Å². The molecule has 5 rings (SSSR count). The van der Waals surface area contributed by atoms with Crippen molar-refractivity contribution in [3.8, 4) is 11.5 Å². The van der Waals surface area contributed by atoms with Gasteiger partial charge in [-0.15, -0.1) is 0 Å². The maximum atomic E-state index is 12.6. The van der Waals surface area contributed by atoms with Gasteiger partial charge in [-0.2, -0.15) is 0 Å². The third-order valence-electron chi connectivity index (χ3n) is 5.50. The smallest absolute Gasteiger partial charge is 0.145 e. The Kier molecular flexibility index (Phi) is 5.30. The molecule has 0 unspecified atom stereocenters. The van der Waals surface area contributed by atoms with Crippen molar-refractivity contribution >= 4 is 44.0 Å². The number of benzene rings is 4. The molecular formula is C27H18Br2O2. The second kappa shape index (κ2) is 8.12. The van der Waals surface area contributed by atoms with Crippen LogP contribution in [0.5, 0.6) is 11.5 Å². The molecule has 0 heterocycles. The predicted molar refractivity (Wildman–Crippen MR) is 132 cm³/mol. The average molecular weight is 534 g/mol. The molecule has 1 aliphatic carbocycles. The van der Waals surface area contributed by atoms with Crippen LogP contribution in [0.1, 0.15) is 27.8 Å². The van der Waals surface area contributed by atoms with E-state index in [0.29, 0.717) is 17.1 Å². The normalized spacial score (nSPS) is 13.8. The minimum Gasteiger partial charge on any atom is -0.457 e. The highest BCUT2D eigenvalue weighted by Crippen LogP contribution is 2.47. The van der Waals surface area contributed by atoms with E-state index in [1.54, 1.807) is 0 Å². The Bertz CT molecular complexity index is 1240. The maximum absolute atomic E-state index is 12.6. The Hall–Kier alpha value is -2.66. The van der Waals surface area contributed by atoms with Gasteiger partial charge in [0.1, 0.15) is 17.1 Å². The van der Waals surface area contributed by atoms with Crippen LogP contribution in [0.4, 0.5) is 0 Å². The van der Waals surface area contributed by atoms with E-state index < -0.39 is 5.60 Å². The van der Waals surface area contributed by atoms with Gasteiger partial charge in [-0.05, 0) is 53.6 Å². The minimum absolute atomic E-state index is 0.606. The molecule has 4 heteroatoms. The molecule has 0 radical (unpaired) electrons. The lowest BCUT2D eigenvalue weighted by atomic mass is 9.77. The average Bonchev–Trinajstić information content (AvgIpc) is 2.90. The highest BCUT2D eigenvalue weighted by Gasteiger charge is 2.40. The molecule has 2 nitrogen and oxygen atoms in total. The third-order valence-corrected chi connectivity index (χ3v) is 6.49. The Morgan fingerprint density at radius 1 is 0.613 bits per heavy atom. The number of rotatable bonds is 3. The van der Waals surface area contributed by atoms with E-state index in [0.717, 1.165) is 31.2 Å². The van der Waals surface area contributed by atoms with Crippen LogP contribution in [0.15, 0.2) is 99.9 Å². The fraction of sp³-hybridized carbons (Fsp3) is 0.0370. The molecule has 0 fully saturated rings. The van der Waals surface area contributed by atoms with Gasteiger partial charge in [0, 0.05) is 25.6 Å². The van der Waals surface area contributed by atoms with E-state index in [1.807, 2.05) is 103 Å². The zero-order chi connectivity index (χ0) is 21.4. The predicted octanol–water partition coefficient (Wildman–Crippen LogP) is 7.77. The van der Waals surface area contributed by atoms with E-state index >= 15 is 0 Å². The molecule has 152 valence electrons. The Labute approximate surface area is 198 Å². The van der Waals surface area contributed by atoms with Crippen LogP contribution in [0.25, 0.3) is 12.2 Å². The van der Waals surface area contributed by atoms with Crippen LogP contribution in [0, 0.1) is 0 Å². The molecule has 4 aromatic rings. The van der Waals surface area contributed by atoms with E-state index in [4.69, 9.17) is 4.74 Å². The van der Waals surface area contributed by atoms with E-state index in [1.165, 1.54) is 0 Å². The molecular weight excluding hydrogens is 516 g/mol. The molecule has 0 saturated carbocycles. The third kappa shape index (κ3) is 3.65. The SMILES string of the molecule is OC1(c2ccccc2Oc2ccccc2)c2cc(Br)ccc2C=Cc2ccc(Br)cc21. The second-order valence-electron chi connectivity index (χ2n) is 7.42. The van der Waals surface area contributed by atoms with Crippen molar-refractivity contribution in [2.45, 2.75) is 5.60 Å². The number of aliphatic hydroxyl groups is 1. The molecule has 0 atom stereocenters. The number of para-hydroxylation sites is 2. The second-order valence-corrected chi connectivity index (χ2v) is 9.25. The molecule has 0 amide bonds. The summed E-state index contributed by atoms with van der Waals surface area (Å²) in [5, 5.41) is 12.6. The molecule has 0 spiro atoms. The fourth-order valence-electron chi connectivity index (χ4n) is 4.06. The van der Waals surface area contributed by atoms with Gasteiger partial charge in [-0.3, -0.25) is 0 Å². The molecule has 0 aromatic heterocycles. The van der Waals surface area contributed by atoms with Crippen LogP contribution in [-0.2, 0) is 5.60 Å². The molecule has 4 aromatic carbocycles. The quantitative estimate of drug-likeness (QED) is 0.291. The van der Waals surface area contributed by atoms with Crippen molar-refractivity contribution in [1.29, 1.82) is 0 Å². The molecule has 0 saturated heterocycles. The lowest BCUT2D eigenvalue weighted by Gasteiger charge is -2.33. The summed E-state index contributed by atoms with van der Waals surface area (Å²) < 4.78 is 8.06. The number of hydrogen-bond donors (Lipinski definition) is 1. The van der Waals surface area contributed by atoms with Crippen LogP contribution in [-0.4, -0.2) is 5.11 Å². The Balaban J connectivity index is 1.80. The van der Waals surface area contributed by atoms with Gasteiger partial charge >= 0.3 is 0 Å². The standard InChI is InChI=1S/C27H18Br2O2/c28-20-14-12-18-10-11-19-13-15-21(29)17-25(19)27(30,24(18)16-20)23-8-4-5-9-26(23)31-22-6-2-1-3-7-22/h1-17,30H. The molecule has 1 aliphatic rings. The summed E-state index contributed by atoms with van der Waals surface area (Å²) in [4.78, 5) is 0. The zero-order valence-corrected chi connectivity index (χ0v) is 19.6. The van der Waals surface area contributed by atoms with E-state index in [2.05, 4.69) is 31.9 Å². The van der Waals surface area contributed by atoms with Crippen LogP contribution >= 0.6 is 31.9 Å². The summed E-state index contributed by atoms with van der Waals surface area (Å²) >= 11 is 7.18. The van der Waals surface area contributed by atoms with Crippen molar-refractivity contribution in [2.24, 2.45) is 0 Å². The van der Waals surface area contributed by atoms with Gasteiger partial charge in [0.05, 0.1) is 0 Å². The van der Waals surface area contributed by atoms with Gasteiger partial charge in [0.2, 0.25) is 0 Å². The summed E-state index contributed by atoms with van der Waals surface area (Å²) in [6.07, 6.45) is 4.10. The van der Waals surface area contributed by atoms with Crippen molar-refractivity contribution in [1.82, 2.24) is 0 Å². The van der Waals surface area contributed by atoms with Crippen LogP contribution < -0.4 is 4.74 Å². The summed E-state index contributed by atoms with van der Waals surface area (Å²) in [6, 6.07) is 29.3. The first-order chi connectivity index (χ1) is 15.1. The Morgan fingerprint density at radius 2 is 1.16 bits per heavy atom. The number of fused-ring (bicyclic) bond motifs is 2. The lowest BCUT2D eigenvalue weighted by Crippen LogP contribution is -2.30. The largest absolute Gasteiger partial charge is 0.457 e. The monoisotopic (exact) mass is 532 g/mol. The molecule has 1 N–H and O–H groups in total. The van der Waals surface area contributed by atoms with Gasteiger partial charge in [0.25, 0.3) is 0 Å². The van der Waals surface area contributed by atoms with Gasteiger partial charge in [0.15, 0.2) is 0 Å². The lowest BCUT2D eigenvalue weighted by molar-refractivity contribution is 0.122. The number of ether oxygens (including phenoxy) is 1.